The van der Waals surface area contributed by atoms with Crippen molar-refractivity contribution in [3.8, 4) is 5.75 Å². The van der Waals surface area contributed by atoms with E-state index in [0.29, 0.717) is 12.0 Å². The van der Waals surface area contributed by atoms with Crippen LogP contribution in [-0.2, 0) is 16.4 Å². The van der Waals surface area contributed by atoms with Crippen LogP contribution < -0.4 is 15.2 Å². The molecule has 26 heavy (non-hydrogen) atoms. The van der Waals surface area contributed by atoms with Crippen LogP contribution in [0, 0.1) is 6.92 Å². The van der Waals surface area contributed by atoms with E-state index in [1.54, 1.807) is 19.1 Å². The van der Waals surface area contributed by atoms with E-state index in [-0.39, 0.29) is 22.8 Å². The van der Waals surface area contributed by atoms with Crippen molar-refractivity contribution >= 4 is 15.9 Å². The summed E-state index contributed by atoms with van der Waals surface area (Å²) in [6.07, 6.45) is 0.350. The fourth-order valence-electron chi connectivity index (χ4n) is 2.28. The Balaban J connectivity index is 2.00. The molecular formula is C17H18F2N2O4S. The van der Waals surface area contributed by atoms with Gasteiger partial charge in [-0.1, -0.05) is 18.2 Å². The van der Waals surface area contributed by atoms with Crippen molar-refractivity contribution in [3.63, 3.8) is 0 Å². The van der Waals surface area contributed by atoms with Gasteiger partial charge in [0.25, 0.3) is 0 Å². The van der Waals surface area contributed by atoms with Gasteiger partial charge in [-0.25, -0.2) is 13.1 Å². The van der Waals surface area contributed by atoms with Crippen molar-refractivity contribution in [2.75, 3.05) is 6.54 Å². The number of nitrogens with two attached hydrogens (primary N) is 1. The number of carbonyl (C=O) groups is 1. The van der Waals surface area contributed by atoms with Crippen molar-refractivity contribution in [1.82, 2.24) is 4.72 Å². The zero-order valence-corrected chi connectivity index (χ0v) is 14.7. The molecule has 1 amide bonds. The predicted molar refractivity (Wildman–Crippen MR) is 91.7 cm³/mol. The summed E-state index contributed by atoms with van der Waals surface area (Å²) in [6.45, 7) is -1.14. The maximum atomic E-state index is 12.3. The summed E-state index contributed by atoms with van der Waals surface area (Å²) in [5, 5.41) is 0. The van der Waals surface area contributed by atoms with E-state index in [4.69, 9.17) is 5.73 Å². The highest BCUT2D eigenvalue weighted by Crippen LogP contribution is 2.17. The molecule has 9 heteroatoms. The number of nitrogens with one attached hydrogen (secondary N) is 1. The topological polar surface area (TPSA) is 98.5 Å². The highest BCUT2D eigenvalue weighted by molar-refractivity contribution is 7.89. The lowest BCUT2D eigenvalue weighted by atomic mass is 10.1. The first kappa shape index (κ1) is 19.8. The zero-order chi connectivity index (χ0) is 19.3. The third-order valence-electron chi connectivity index (χ3n) is 3.64. The summed E-state index contributed by atoms with van der Waals surface area (Å²) < 4.78 is 55.5. The summed E-state index contributed by atoms with van der Waals surface area (Å²) in [5.41, 5.74) is 6.71. The molecule has 0 aliphatic rings. The van der Waals surface area contributed by atoms with Gasteiger partial charge in [-0.05, 0) is 48.7 Å². The Kier molecular flexibility index (Phi) is 6.27. The predicted octanol–water partition coefficient (Wildman–Crippen LogP) is 2.22. The van der Waals surface area contributed by atoms with E-state index in [0.717, 1.165) is 5.56 Å². The van der Waals surface area contributed by atoms with Crippen LogP contribution in [0.15, 0.2) is 47.4 Å². The van der Waals surface area contributed by atoms with Crippen LogP contribution in [0.25, 0.3) is 0 Å². The number of rotatable bonds is 8. The first-order chi connectivity index (χ1) is 12.2. The normalized spacial score (nSPS) is 11.5. The average Bonchev–Trinajstić information content (AvgIpc) is 2.55. The van der Waals surface area contributed by atoms with Gasteiger partial charge in [0, 0.05) is 12.1 Å². The lowest BCUT2D eigenvalue weighted by Gasteiger charge is -2.10. The van der Waals surface area contributed by atoms with Gasteiger partial charge in [-0.2, -0.15) is 8.78 Å². The van der Waals surface area contributed by atoms with Gasteiger partial charge < -0.3 is 10.5 Å². The lowest BCUT2D eigenvalue weighted by Crippen LogP contribution is -2.26. The Morgan fingerprint density at radius 1 is 1.19 bits per heavy atom. The molecule has 0 aromatic heterocycles. The van der Waals surface area contributed by atoms with Crippen LogP contribution in [-0.4, -0.2) is 27.5 Å². The quantitative estimate of drug-likeness (QED) is 0.729. The van der Waals surface area contributed by atoms with Crippen LogP contribution >= 0.6 is 0 Å². The molecule has 2 rings (SSSR count). The molecule has 0 radical (unpaired) electrons. The van der Waals surface area contributed by atoms with Crippen molar-refractivity contribution in [2.45, 2.75) is 24.9 Å². The lowest BCUT2D eigenvalue weighted by molar-refractivity contribution is -0.0498. The number of ether oxygens (including phenoxy) is 1. The third-order valence-corrected chi connectivity index (χ3v) is 5.10. The van der Waals surface area contributed by atoms with Crippen LogP contribution in [0.4, 0.5) is 8.78 Å². The molecule has 0 fully saturated rings. The number of hydrogen-bond acceptors (Lipinski definition) is 4. The van der Waals surface area contributed by atoms with Crippen LogP contribution in [0.5, 0.6) is 5.75 Å². The fraction of sp³-hybridized carbons (Fsp3) is 0.235. The first-order valence-electron chi connectivity index (χ1n) is 7.63. The van der Waals surface area contributed by atoms with Crippen molar-refractivity contribution < 1.29 is 26.7 Å². The number of amides is 1. The number of halogens is 2. The van der Waals surface area contributed by atoms with Gasteiger partial charge in [-0.15, -0.1) is 0 Å². The fourth-order valence-corrected chi connectivity index (χ4v) is 3.34. The van der Waals surface area contributed by atoms with E-state index in [1.807, 2.05) is 0 Å². The number of carbonyl (C=O) groups excluding carboxylic acids is 1. The van der Waals surface area contributed by atoms with Crippen LogP contribution in [0.2, 0.25) is 0 Å². The second kappa shape index (κ2) is 8.24. The van der Waals surface area contributed by atoms with E-state index in [2.05, 4.69) is 9.46 Å². The molecule has 2 aromatic carbocycles. The number of aryl methyl sites for hydroxylation is 1. The number of alkyl halides is 2. The molecule has 0 saturated carbocycles. The van der Waals surface area contributed by atoms with Crippen molar-refractivity contribution in [2.24, 2.45) is 5.73 Å². The van der Waals surface area contributed by atoms with Crippen LogP contribution in [0.3, 0.4) is 0 Å². The highest BCUT2D eigenvalue weighted by atomic mass is 32.2. The molecule has 140 valence electrons. The maximum Gasteiger partial charge on any atom is 0.387 e. The Hall–Kier alpha value is -2.52. The van der Waals surface area contributed by atoms with Gasteiger partial charge in [0.1, 0.15) is 5.75 Å². The summed E-state index contributed by atoms with van der Waals surface area (Å²) in [4.78, 5) is 11.3. The average molecular weight is 384 g/mol. The molecule has 0 aliphatic heterocycles. The minimum absolute atomic E-state index is 0.0305. The minimum Gasteiger partial charge on any atom is -0.435 e. The van der Waals surface area contributed by atoms with Crippen molar-refractivity contribution in [3.05, 3.63) is 59.2 Å². The van der Waals surface area contributed by atoms with Gasteiger partial charge in [0.2, 0.25) is 15.9 Å². The number of sulfonamides is 1. The largest absolute Gasteiger partial charge is 0.435 e. The molecule has 2 aromatic rings. The summed E-state index contributed by atoms with van der Waals surface area (Å²) >= 11 is 0. The van der Waals surface area contributed by atoms with E-state index >= 15 is 0 Å². The third kappa shape index (κ3) is 5.24. The molecule has 3 N–H and O–H groups in total. The summed E-state index contributed by atoms with van der Waals surface area (Å²) in [7, 11) is -3.81. The molecule has 0 bridgehead atoms. The molecule has 0 atom stereocenters. The minimum atomic E-state index is -3.81. The summed E-state index contributed by atoms with van der Waals surface area (Å²) in [6, 6.07) is 10.0. The zero-order valence-electron chi connectivity index (χ0n) is 13.9. The standard InChI is InChI=1S/C17H18F2N2O4S/c1-11-2-7-14(10-15(11)16(20)22)26(23,24)21-9-8-12-3-5-13(6-4-12)25-17(18)19/h2-7,10,17,21H,8-9H2,1H3,(H2,20,22). The number of hydrogen-bond donors (Lipinski definition) is 2. The molecule has 0 saturated heterocycles. The van der Waals surface area contributed by atoms with Crippen molar-refractivity contribution in [1.29, 1.82) is 0 Å². The van der Waals surface area contributed by atoms with Gasteiger partial charge in [0.15, 0.2) is 0 Å². The second-order valence-electron chi connectivity index (χ2n) is 5.51. The Bertz CT molecular complexity index is 884. The summed E-state index contributed by atoms with van der Waals surface area (Å²) in [5.74, 6) is -0.673. The first-order valence-corrected chi connectivity index (χ1v) is 9.11. The smallest absolute Gasteiger partial charge is 0.387 e. The molecular weight excluding hydrogens is 366 g/mol. The van der Waals surface area contributed by atoms with Crippen LogP contribution in [0.1, 0.15) is 21.5 Å². The molecule has 0 unspecified atom stereocenters. The maximum absolute atomic E-state index is 12.3. The highest BCUT2D eigenvalue weighted by Gasteiger charge is 2.16. The molecule has 0 aliphatic carbocycles. The molecule has 0 heterocycles. The number of primary amides is 1. The SMILES string of the molecule is Cc1ccc(S(=O)(=O)NCCc2ccc(OC(F)F)cc2)cc1C(N)=O. The second-order valence-corrected chi connectivity index (χ2v) is 7.28. The van der Waals surface area contributed by atoms with E-state index < -0.39 is 22.5 Å². The van der Waals surface area contributed by atoms with Gasteiger partial charge >= 0.3 is 6.61 Å². The molecule has 6 nitrogen and oxygen atoms in total. The Labute approximate surface area is 150 Å². The Morgan fingerprint density at radius 3 is 2.42 bits per heavy atom. The van der Waals surface area contributed by atoms with Gasteiger partial charge in [0.05, 0.1) is 4.90 Å². The monoisotopic (exact) mass is 384 g/mol. The van der Waals surface area contributed by atoms with E-state index in [1.165, 1.54) is 30.3 Å². The van der Waals surface area contributed by atoms with E-state index in [9.17, 15) is 22.0 Å². The Morgan fingerprint density at radius 2 is 1.85 bits per heavy atom. The molecule has 0 spiro atoms. The van der Waals surface area contributed by atoms with Gasteiger partial charge in [-0.3, -0.25) is 4.79 Å². The number of benzene rings is 2.